The molecule has 0 saturated carbocycles. The van der Waals surface area contributed by atoms with Crippen LogP contribution in [0.2, 0.25) is 0 Å². The van der Waals surface area contributed by atoms with Gasteiger partial charge in [-0.15, -0.1) is 11.8 Å². The number of hydrogen-bond donors (Lipinski definition) is 1. The van der Waals surface area contributed by atoms with Crippen molar-refractivity contribution in [2.75, 3.05) is 25.2 Å². The predicted octanol–water partition coefficient (Wildman–Crippen LogP) is 3.26. The number of para-hydroxylation sites is 1. The zero-order valence-electron chi connectivity index (χ0n) is 12.9. The highest BCUT2D eigenvalue weighted by atomic mass is 32.2. The van der Waals surface area contributed by atoms with Crippen molar-refractivity contribution in [1.29, 1.82) is 0 Å². The van der Waals surface area contributed by atoms with Crippen molar-refractivity contribution in [2.24, 2.45) is 0 Å². The molecule has 2 aromatic carbocycles. The molecule has 0 unspecified atom stereocenters. The van der Waals surface area contributed by atoms with Gasteiger partial charge in [-0.2, -0.15) is 0 Å². The van der Waals surface area contributed by atoms with E-state index in [0.29, 0.717) is 5.69 Å². The Morgan fingerprint density at radius 3 is 2.48 bits per heavy atom. The Labute approximate surface area is 138 Å². The number of amides is 2. The Morgan fingerprint density at radius 2 is 1.78 bits per heavy atom. The lowest BCUT2D eigenvalue weighted by Gasteiger charge is -2.17. The van der Waals surface area contributed by atoms with Crippen molar-refractivity contribution >= 4 is 29.3 Å². The Kier molecular flexibility index (Phi) is 5.76. The van der Waals surface area contributed by atoms with Gasteiger partial charge in [-0.25, -0.2) is 4.39 Å². The van der Waals surface area contributed by atoms with Crippen molar-refractivity contribution in [1.82, 2.24) is 4.90 Å². The lowest BCUT2D eigenvalue weighted by molar-refractivity contribution is -0.116. The van der Waals surface area contributed by atoms with E-state index in [4.69, 9.17) is 0 Å². The molecule has 0 atom stereocenters. The normalized spacial score (nSPS) is 10.2. The molecule has 2 amide bonds. The van der Waals surface area contributed by atoms with E-state index < -0.39 is 11.7 Å². The molecule has 0 spiro atoms. The highest BCUT2D eigenvalue weighted by Crippen LogP contribution is 2.24. The number of benzene rings is 2. The molecule has 1 N–H and O–H groups in total. The monoisotopic (exact) mass is 332 g/mol. The first-order chi connectivity index (χ1) is 11.0. The van der Waals surface area contributed by atoms with Crippen LogP contribution in [0.3, 0.4) is 0 Å². The summed E-state index contributed by atoms with van der Waals surface area (Å²) in [6, 6.07) is 13.1. The standard InChI is InChI=1S/C17H17FN2O2S/c1-20(17(22)12-7-3-4-8-13(12)18)11-16(21)19-14-9-5-6-10-15(14)23-2/h3-10H,11H2,1-2H3,(H,19,21). The topological polar surface area (TPSA) is 49.4 Å². The molecule has 0 fully saturated rings. The number of hydrogen-bond acceptors (Lipinski definition) is 3. The van der Waals surface area contributed by atoms with Gasteiger partial charge in [0.2, 0.25) is 5.91 Å². The average Bonchev–Trinajstić information content (AvgIpc) is 2.55. The number of nitrogens with zero attached hydrogens (tertiary/aromatic N) is 1. The first-order valence-electron chi connectivity index (χ1n) is 6.95. The molecule has 6 heteroatoms. The van der Waals surface area contributed by atoms with Crippen molar-refractivity contribution in [3.63, 3.8) is 0 Å². The van der Waals surface area contributed by atoms with Crippen LogP contribution in [-0.4, -0.2) is 36.6 Å². The summed E-state index contributed by atoms with van der Waals surface area (Å²) in [7, 11) is 1.47. The van der Waals surface area contributed by atoms with Gasteiger partial charge < -0.3 is 10.2 Å². The summed E-state index contributed by atoms with van der Waals surface area (Å²) < 4.78 is 13.6. The third-order valence-electron chi connectivity index (χ3n) is 3.21. The molecule has 23 heavy (non-hydrogen) atoms. The molecule has 0 aliphatic heterocycles. The van der Waals surface area contributed by atoms with Crippen LogP contribution in [0.15, 0.2) is 53.4 Å². The van der Waals surface area contributed by atoms with Crippen LogP contribution in [0.1, 0.15) is 10.4 Å². The summed E-state index contributed by atoms with van der Waals surface area (Å²) in [5.41, 5.74) is 0.643. The zero-order valence-corrected chi connectivity index (χ0v) is 13.7. The summed E-state index contributed by atoms with van der Waals surface area (Å²) in [5.74, 6) is -1.47. The van der Waals surface area contributed by atoms with E-state index in [1.165, 1.54) is 41.9 Å². The van der Waals surface area contributed by atoms with Crippen LogP contribution < -0.4 is 5.32 Å². The van der Waals surface area contributed by atoms with Gasteiger partial charge in [0.1, 0.15) is 5.82 Å². The lowest BCUT2D eigenvalue weighted by Crippen LogP contribution is -2.35. The van der Waals surface area contributed by atoms with Crippen LogP contribution in [0.5, 0.6) is 0 Å². The van der Waals surface area contributed by atoms with Crippen molar-refractivity contribution in [3.8, 4) is 0 Å². The summed E-state index contributed by atoms with van der Waals surface area (Å²) >= 11 is 1.52. The van der Waals surface area contributed by atoms with E-state index in [1.807, 2.05) is 24.5 Å². The minimum absolute atomic E-state index is 0.0488. The van der Waals surface area contributed by atoms with Gasteiger partial charge >= 0.3 is 0 Å². The fourth-order valence-electron chi connectivity index (χ4n) is 2.07. The van der Waals surface area contributed by atoms with Crippen LogP contribution in [-0.2, 0) is 4.79 Å². The highest BCUT2D eigenvalue weighted by Gasteiger charge is 2.18. The van der Waals surface area contributed by atoms with Gasteiger partial charge in [-0.3, -0.25) is 9.59 Å². The van der Waals surface area contributed by atoms with Gasteiger partial charge in [0.15, 0.2) is 0 Å². The second-order valence-corrected chi connectivity index (χ2v) is 5.74. The molecule has 0 saturated heterocycles. The van der Waals surface area contributed by atoms with Gasteiger partial charge in [-0.05, 0) is 30.5 Å². The number of carbonyl (C=O) groups is 2. The Morgan fingerprint density at radius 1 is 1.13 bits per heavy atom. The van der Waals surface area contributed by atoms with Crippen molar-refractivity contribution in [3.05, 3.63) is 59.9 Å². The number of nitrogens with one attached hydrogen (secondary N) is 1. The Balaban J connectivity index is 2.02. The smallest absolute Gasteiger partial charge is 0.257 e. The number of carbonyl (C=O) groups excluding carboxylic acids is 2. The Hall–Kier alpha value is -2.34. The first kappa shape index (κ1) is 17.0. The third-order valence-corrected chi connectivity index (χ3v) is 4.01. The molecule has 2 rings (SSSR count). The van der Waals surface area contributed by atoms with Gasteiger partial charge in [0.05, 0.1) is 17.8 Å². The summed E-state index contributed by atoms with van der Waals surface area (Å²) in [4.78, 5) is 26.4. The maximum absolute atomic E-state index is 13.6. The van der Waals surface area contributed by atoms with Gasteiger partial charge in [-0.1, -0.05) is 24.3 Å². The van der Waals surface area contributed by atoms with E-state index in [1.54, 1.807) is 12.1 Å². The second-order valence-electron chi connectivity index (χ2n) is 4.89. The molecule has 0 aliphatic rings. The fraction of sp³-hybridized carbons (Fsp3) is 0.176. The third kappa shape index (κ3) is 4.32. The zero-order chi connectivity index (χ0) is 16.8. The quantitative estimate of drug-likeness (QED) is 0.855. The second kappa shape index (κ2) is 7.78. The molecule has 0 aromatic heterocycles. The molecule has 0 radical (unpaired) electrons. The van der Waals surface area contributed by atoms with E-state index in [0.717, 1.165) is 4.90 Å². The number of rotatable bonds is 5. The average molecular weight is 332 g/mol. The molecule has 2 aromatic rings. The van der Waals surface area contributed by atoms with Crippen LogP contribution in [0, 0.1) is 5.82 Å². The number of likely N-dealkylation sites (N-methyl/N-ethyl adjacent to an activating group) is 1. The SMILES string of the molecule is CSc1ccccc1NC(=O)CN(C)C(=O)c1ccccc1F. The van der Waals surface area contributed by atoms with Gasteiger partial charge in [0, 0.05) is 11.9 Å². The predicted molar refractivity (Wildman–Crippen MR) is 90.2 cm³/mol. The minimum atomic E-state index is -0.600. The van der Waals surface area contributed by atoms with E-state index >= 15 is 0 Å². The molecule has 0 heterocycles. The maximum atomic E-state index is 13.6. The highest BCUT2D eigenvalue weighted by molar-refractivity contribution is 7.98. The Bertz CT molecular complexity index is 721. The summed E-state index contributed by atoms with van der Waals surface area (Å²) in [5, 5.41) is 2.77. The number of thioether (sulfide) groups is 1. The van der Waals surface area contributed by atoms with E-state index in [9.17, 15) is 14.0 Å². The minimum Gasteiger partial charge on any atom is -0.332 e. The molecule has 0 aliphatic carbocycles. The maximum Gasteiger partial charge on any atom is 0.257 e. The number of anilines is 1. The van der Waals surface area contributed by atoms with Gasteiger partial charge in [0.25, 0.3) is 5.91 Å². The molecular weight excluding hydrogens is 315 g/mol. The molecule has 0 bridgehead atoms. The van der Waals surface area contributed by atoms with E-state index in [2.05, 4.69) is 5.32 Å². The number of halogens is 1. The molecule has 4 nitrogen and oxygen atoms in total. The van der Waals surface area contributed by atoms with Crippen molar-refractivity contribution < 1.29 is 14.0 Å². The fourth-order valence-corrected chi connectivity index (χ4v) is 2.62. The van der Waals surface area contributed by atoms with E-state index in [-0.39, 0.29) is 18.0 Å². The lowest BCUT2D eigenvalue weighted by atomic mass is 10.2. The van der Waals surface area contributed by atoms with Crippen LogP contribution >= 0.6 is 11.8 Å². The van der Waals surface area contributed by atoms with Crippen LogP contribution in [0.25, 0.3) is 0 Å². The molecule has 120 valence electrons. The first-order valence-corrected chi connectivity index (χ1v) is 8.18. The van der Waals surface area contributed by atoms with Crippen molar-refractivity contribution in [2.45, 2.75) is 4.90 Å². The van der Waals surface area contributed by atoms with Crippen LogP contribution in [0.4, 0.5) is 10.1 Å². The summed E-state index contributed by atoms with van der Waals surface area (Å²) in [6.45, 7) is -0.157. The summed E-state index contributed by atoms with van der Waals surface area (Å²) in [6.07, 6.45) is 1.92. The largest absolute Gasteiger partial charge is 0.332 e. The molecular formula is C17H17FN2O2S.